The van der Waals surface area contributed by atoms with Gasteiger partial charge in [-0.3, -0.25) is 4.79 Å². The molecule has 0 bridgehead atoms. The van der Waals surface area contributed by atoms with Crippen LogP contribution in [-0.2, 0) is 20.2 Å². The van der Waals surface area contributed by atoms with Gasteiger partial charge in [0.15, 0.2) is 0 Å². The van der Waals surface area contributed by atoms with Crippen molar-refractivity contribution in [1.29, 1.82) is 0 Å². The molecule has 1 unspecified atom stereocenters. The number of nitrogens with one attached hydrogen (secondary N) is 1. The van der Waals surface area contributed by atoms with E-state index in [1.54, 1.807) is 41.3 Å². The van der Waals surface area contributed by atoms with E-state index in [9.17, 15) is 13.2 Å². The number of hydrogen-bond donors (Lipinski definition) is 1. The maximum absolute atomic E-state index is 13.4. The van der Waals surface area contributed by atoms with E-state index in [1.165, 1.54) is 44.3 Å². The normalized spacial score (nSPS) is 22.0. The van der Waals surface area contributed by atoms with Crippen molar-refractivity contribution in [3.05, 3.63) is 71.2 Å². The molecule has 1 N–H and O–H groups in total. The van der Waals surface area contributed by atoms with Crippen LogP contribution in [0.1, 0.15) is 44.1 Å². The molecule has 3 aromatic rings. The molecule has 3 aromatic carbocycles. The Hall–Kier alpha value is -2.45. The Kier molecular flexibility index (Phi) is 6.51. The number of carbonyl (C=O) groups excluding carboxylic acids is 1. The van der Waals surface area contributed by atoms with E-state index in [0.717, 1.165) is 29.4 Å². The van der Waals surface area contributed by atoms with Crippen LogP contribution in [0.3, 0.4) is 0 Å². The zero-order valence-electron chi connectivity index (χ0n) is 20.8. The van der Waals surface area contributed by atoms with Crippen molar-refractivity contribution in [3.63, 3.8) is 0 Å². The lowest BCUT2D eigenvalue weighted by atomic mass is 9.94. The molecule has 1 saturated carbocycles. The number of anilines is 1. The summed E-state index contributed by atoms with van der Waals surface area (Å²) in [6, 6.07) is 17.9. The molecule has 194 valence electrons. The fraction of sp³-hybridized carbons (Fsp3) is 0.414. The first-order valence-electron chi connectivity index (χ1n) is 13.2. The van der Waals surface area contributed by atoms with Gasteiger partial charge in [0.25, 0.3) is 0 Å². The number of halogens is 1. The van der Waals surface area contributed by atoms with Crippen LogP contribution in [0.15, 0.2) is 65.6 Å². The third-order valence-electron chi connectivity index (χ3n) is 8.19. The third-order valence-corrected chi connectivity index (χ3v) is 9.89. The van der Waals surface area contributed by atoms with Crippen molar-refractivity contribution in [3.8, 4) is 0 Å². The van der Waals surface area contributed by atoms with Crippen molar-refractivity contribution < 1.29 is 13.2 Å². The molecule has 0 spiro atoms. The molecule has 6 nitrogen and oxygen atoms in total. The number of fused-ring (bicyclic) bond motifs is 1. The fourth-order valence-corrected chi connectivity index (χ4v) is 7.35. The predicted octanol–water partition coefficient (Wildman–Crippen LogP) is 5.09. The smallest absolute Gasteiger partial charge is 0.245 e. The summed E-state index contributed by atoms with van der Waals surface area (Å²) in [5.41, 5.74) is 2.44. The van der Waals surface area contributed by atoms with Crippen LogP contribution in [0.4, 0.5) is 5.69 Å². The summed E-state index contributed by atoms with van der Waals surface area (Å²) < 4.78 is 29.1. The van der Waals surface area contributed by atoms with Crippen LogP contribution in [0, 0.1) is 0 Å². The SMILES string of the molecule is O=C1C(NS(=O)(=O)c2ccc3cc(Cl)ccc3c2)CCCN1c1ccc(C2(CN3CCCC3)CC2)cc1. The van der Waals surface area contributed by atoms with Gasteiger partial charge in [0.05, 0.1) is 4.90 Å². The minimum absolute atomic E-state index is 0.143. The summed E-state index contributed by atoms with van der Waals surface area (Å²) in [5.74, 6) is -0.201. The molecule has 2 saturated heterocycles. The van der Waals surface area contributed by atoms with Crippen molar-refractivity contribution in [2.24, 2.45) is 0 Å². The van der Waals surface area contributed by atoms with Crippen LogP contribution in [0.2, 0.25) is 5.02 Å². The molecule has 1 atom stereocenters. The first kappa shape index (κ1) is 24.9. The molecular weight excluding hydrogens is 506 g/mol. The second-order valence-electron chi connectivity index (χ2n) is 10.8. The van der Waals surface area contributed by atoms with Gasteiger partial charge in [-0.15, -0.1) is 0 Å². The van der Waals surface area contributed by atoms with Crippen molar-refractivity contribution in [2.45, 2.75) is 54.9 Å². The minimum atomic E-state index is -3.86. The van der Waals surface area contributed by atoms with Crippen LogP contribution in [-0.4, -0.2) is 51.4 Å². The average molecular weight is 538 g/mol. The quantitative estimate of drug-likeness (QED) is 0.455. The molecule has 37 heavy (non-hydrogen) atoms. The lowest BCUT2D eigenvalue weighted by Gasteiger charge is -2.33. The van der Waals surface area contributed by atoms with E-state index in [2.05, 4.69) is 21.8 Å². The molecule has 0 aromatic heterocycles. The van der Waals surface area contributed by atoms with Gasteiger partial charge in [-0.05, 0) is 104 Å². The number of benzene rings is 3. The monoisotopic (exact) mass is 537 g/mol. The molecular formula is C29H32ClN3O3S. The lowest BCUT2D eigenvalue weighted by molar-refractivity contribution is -0.121. The van der Waals surface area contributed by atoms with Crippen molar-refractivity contribution in [2.75, 3.05) is 31.1 Å². The number of carbonyl (C=O) groups is 1. The van der Waals surface area contributed by atoms with E-state index < -0.39 is 16.1 Å². The number of amides is 1. The molecule has 2 heterocycles. The van der Waals surface area contributed by atoms with E-state index in [4.69, 9.17) is 11.6 Å². The van der Waals surface area contributed by atoms with Gasteiger partial charge >= 0.3 is 0 Å². The van der Waals surface area contributed by atoms with Crippen molar-refractivity contribution >= 4 is 44.0 Å². The van der Waals surface area contributed by atoms with Gasteiger partial charge in [0.1, 0.15) is 6.04 Å². The van der Waals surface area contributed by atoms with Crippen LogP contribution >= 0.6 is 11.6 Å². The predicted molar refractivity (Wildman–Crippen MR) is 148 cm³/mol. The highest BCUT2D eigenvalue weighted by molar-refractivity contribution is 7.89. The molecule has 3 fully saturated rings. The Bertz CT molecular complexity index is 1430. The summed E-state index contributed by atoms with van der Waals surface area (Å²) >= 11 is 6.05. The Morgan fingerprint density at radius 2 is 1.59 bits per heavy atom. The van der Waals surface area contributed by atoms with Crippen LogP contribution < -0.4 is 9.62 Å². The molecule has 0 radical (unpaired) electrons. The van der Waals surface area contributed by atoms with Crippen molar-refractivity contribution in [1.82, 2.24) is 9.62 Å². The Labute approximate surface area is 223 Å². The number of piperidine rings is 1. The summed E-state index contributed by atoms with van der Waals surface area (Å²) in [6.07, 6.45) is 6.25. The maximum atomic E-state index is 13.4. The van der Waals surface area contributed by atoms with Gasteiger partial charge in [0, 0.05) is 29.2 Å². The first-order valence-corrected chi connectivity index (χ1v) is 15.1. The topological polar surface area (TPSA) is 69.7 Å². The van der Waals surface area contributed by atoms with E-state index in [1.807, 2.05) is 12.1 Å². The minimum Gasteiger partial charge on any atom is -0.311 e. The molecule has 3 aliphatic rings. The van der Waals surface area contributed by atoms with E-state index in [-0.39, 0.29) is 16.2 Å². The zero-order valence-corrected chi connectivity index (χ0v) is 22.4. The highest BCUT2D eigenvalue weighted by atomic mass is 35.5. The van der Waals surface area contributed by atoms with Gasteiger partial charge < -0.3 is 9.80 Å². The molecule has 2 aliphatic heterocycles. The van der Waals surface area contributed by atoms with E-state index >= 15 is 0 Å². The van der Waals surface area contributed by atoms with Gasteiger partial charge in [-0.25, -0.2) is 8.42 Å². The summed E-state index contributed by atoms with van der Waals surface area (Å²) in [5, 5.41) is 2.24. The number of nitrogens with zero attached hydrogens (tertiary/aromatic N) is 2. The molecule has 1 amide bonds. The Balaban J connectivity index is 1.16. The standard InChI is InChI=1S/C29H32ClN3O3S/c30-24-9-5-22-19-26(12-6-21(22)18-24)37(35,36)31-27-4-3-17-33(28(27)34)25-10-7-23(8-11-25)29(13-14-29)20-32-15-1-2-16-32/h5-12,18-19,27,31H,1-4,13-17,20H2. The highest BCUT2D eigenvalue weighted by Crippen LogP contribution is 2.49. The van der Waals surface area contributed by atoms with Gasteiger partial charge in [-0.2, -0.15) is 4.72 Å². The first-order chi connectivity index (χ1) is 17.8. The summed E-state index contributed by atoms with van der Waals surface area (Å²) in [6.45, 7) is 4.12. The summed E-state index contributed by atoms with van der Waals surface area (Å²) in [7, 11) is -3.86. The third kappa shape index (κ3) is 5.02. The van der Waals surface area contributed by atoms with Crippen LogP contribution in [0.5, 0.6) is 0 Å². The van der Waals surface area contributed by atoms with E-state index in [0.29, 0.717) is 18.0 Å². The fourth-order valence-electron chi connectivity index (χ4n) is 5.91. The highest BCUT2D eigenvalue weighted by Gasteiger charge is 2.45. The number of hydrogen-bond acceptors (Lipinski definition) is 4. The second-order valence-corrected chi connectivity index (χ2v) is 12.9. The number of rotatable bonds is 7. The lowest BCUT2D eigenvalue weighted by Crippen LogP contribution is -2.52. The number of sulfonamides is 1. The molecule has 6 rings (SSSR count). The van der Waals surface area contributed by atoms with Crippen LogP contribution in [0.25, 0.3) is 10.8 Å². The Morgan fingerprint density at radius 3 is 2.32 bits per heavy atom. The molecule has 1 aliphatic carbocycles. The van der Waals surface area contributed by atoms with Gasteiger partial charge in [-0.1, -0.05) is 35.9 Å². The maximum Gasteiger partial charge on any atom is 0.245 e. The largest absolute Gasteiger partial charge is 0.311 e. The zero-order chi connectivity index (χ0) is 25.6. The van der Waals surface area contributed by atoms with Gasteiger partial charge in [0.2, 0.25) is 15.9 Å². The second kappa shape index (κ2) is 9.70. The average Bonchev–Trinajstić information content (AvgIpc) is 3.49. The molecule has 8 heteroatoms. The Morgan fingerprint density at radius 1 is 0.892 bits per heavy atom. The number of likely N-dealkylation sites (tertiary alicyclic amines) is 1. The summed E-state index contributed by atoms with van der Waals surface area (Å²) in [4.78, 5) is 17.8.